The van der Waals surface area contributed by atoms with E-state index in [2.05, 4.69) is 0 Å². The molecule has 0 amide bonds. The molecular formula is C20H19NO2. The highest BCUT2D eigenvalue weighted by molar-refractivity contribution is 6.40. The molecule has 0 fully saturated rings. The van der Waals surface area contributed by atoms with E-state index in [4.69, 9.17) is 10.5 Å². The maximum Gasteiger partial charge on any atom is 0.353 e. The quantitative estimate of drug-likeness (QED) is 0.627. The Bertz CT molecular complexity index is 769. The molecule has 23 heavy (non-hydrogen) atoms. The SMILES string of the molecule is C/C(=C\C(=C/C(=N)C(=O)O)c1ccc(C)cc1)c1ccccc1. The van der Waals surface area contributed by atoms with Crippen LogP contribution in [0.2, 0.25) is 0 Å². The molecule has 2 rings (SSSR count). The standard InChI is InChI=1S/C20H19NO2/c1-14-8-10-17(11-9-14)18(13-19(21)20(22)23)12-15(2)16-6-4-3-5-7-16/h3-13,21H,1-2H3,(H,22,23)/b15-12+,18-13+,21-19?. The van der Waals surface area contributed by atoms with Gasteiger partial charge in [0, 0.05) is 0 Å². The summed E-state index contributed by atoms with van der Waals surface area (Å²) in [6, 6.07) is 17.7. The van der Waals surface area contributed by atoms with Gasteiger partial charge in [0.05, 0.1) is 0 Å². The molecule has 0 saturated heterocycles. The summed E-state index contributed by atoms with van der Waals surface area (Å²) >= 11 is 0. The second kappa shape index (κ2) is 7.36. The highest BCUT2D eigenvalue weighted by Crippen LogP contribution is 2.23. The highest BCUT2D eigenvalue weighted by Gasteiger charge is 2.07. The van der Waals surface area contributed by atoms with E-state index in [0.29, 0.717) is 5.57 Å². The number of hydrogen-bond acceptors (Lipinski definition) is 2. The molecule has 116 valence electrons. The van der Waals surface area contributed by atoms with Crippen molar-refractivity contribution in [1.29, 1.82) is 5.41 Å². The lowest BCUT2D eigenvalue weighted by atomic mass is 9.98. The van der Waals surface area contributed by atoms with Crippen LogP contribution in [0.15, 0.2) is 66.7 Å². The molecule has 0 atom stereocenters. The fourth-order valence-corrected chi connectivity index (χ4v) is 2.19. The van der Waals surface area contributed by atoms with Gasteiger partial charge in [-0.05, 0) is 42.2 Å². The van der Waals surface area contributed by atoms with Gasteiger partial charge in [-0.2, -0.15) is 0 Å². The predicted molar refractivity (Wildman–Crippen MR) is 94.6 cm³/mol. The van der Waals surface area contributed by atoms with Crippen LogP contribution in [0.3, 0.4) is 0 Å². The molecule has 0 bridgehead atoms. The first kappa shape index (κ1) is 16.4. The summed E-state index contributed by atoms with van der Waals surface area (Å²) in [5.74, 6) is -1.24. The topological polar surface area (TPSA) is 61.2 Å². The van der Waals surface area contributed by atoms with Crippen molar-refractivity contribution in [2.45, 2.75) is 13.8 Å². The van der Waals surface area contributed by atoms with E-state index in [1.165, 1.54) is 6.08 Å². The average molecular weight is 305 g/mol. The van der Waals surface area contributed by atoms with Gasteiger partial charge in [0.2, 0.25) is 0 Å². The van der Waals surface area contributed by atoms with Crippen molar-refractivity contribution in [2.24, 2.45) is 0 Å². The van der Waals surface area contributed by atoms with Gasteiger partial charge >= 0.3 is 5.97 Å². The molecule has 0 unspecified atom stereocenters. The first-order chi connectivity index (χ1) is 11.0. The lowest BCUT2D eigenvalue weighted by molar-refractivity contribution is -0.129. The fourth-order valence-electron chi connectivity index (χ4n) is 2.19. The number of carboxylic acid groups (broad SMARTS) is 1. The maximum absolute atomic E-state index is 11.0. The summed E-state index contributed by atoms with van der Waals surface area (Å²) in [5, 5.41) is 16.6. The molecule has 0 aliphatic carbocycles. The number of aryl methyl sites for hydroxylation is 1. The fraction of sp³-hybridized carbons (Fsp3) is 0.100. The van der Waals surface area contributed by atoms with Crippen LogP contribution in [0, 0.1) is 12.3 Å². The Hall–Kier alpha value is -2.94. The molecule has 0 spiro atoms. The number of rotatable bonds is 5. The molecule has 3 nitrogen and oxygen atoms in total. The summed E-state index contributed by atoms with van der Waals surface area (Å²) in [4.78, 5) is 11.0. The van der Waals surface area contributed by atoms with Crippen LogP contribution in [0.5, 0.6) is 0 Å². The van der Waals surface area contributed by atoms with Crippen LogP contribution < -0.4 is 0 Å². The molecule has 2 N–H and O–H groups in total. The number of benzene rings is 2. The Kier molecular flexibility index (Phi) is 5.26. The van der Waals surface area contributed by atoms with Gasteiger partial charge in [-0.25, -0.2) is 4.79 Å². The van der Waals surface area contributed by atoms with Crippen molar-refractivity contribution in [2.75, 3.05) is 0 Å². The number of allylic oxidation sites excluding steroid dienone is 3. The smallest absolute Gasteiger partial charge is 0.353 e. The van der Waals surface area contributed by atoms with Crippen molar-refractivity contribution in [3.8, 4) is 0 Å². The van der Waals surface area contributed by atoms with Crippen molar-refractivity contribution >= 4 is 22.8 Å². The van der Waals surface area contributed by atoms with Crippen molar-refractivity contribution in [3.63, 3.8) is 0 Å². The van der Waals surface area contributed by atoms with Gasteiger partial charge in [-0.3, -0.25) is 5.41 Å². The second-order valence-corrected chi connectivity index (χ2v) is 5.38. The molecule has 0 aliphatic rings. The summed E-state index contributed by atoms with van der Waals surface area (Å²) in [6.07, 6.45) is 3.30. The van der Waals surface area contributed by atoms with E-state index in [9.17, 15) is 4.79 Å². The molecular weight excluding hydrogens is 286 g/mol. The van der Waals surface area contributed by atoms with Gasteiger partial charge in [0.1, 0.15) is 5.71 Å². The van der Waals surface area contributed by atoms with E-state index in [-0.39, 0.29) is 0 Å². The summed E-state index contributed by atoms with van der Waals surface area (Å²) in [7, 11) is 0. The van der Waals surface area contributed by atoms with E-state index in [1.54, 1.807) is 0 Å². The molecule has 0 aromatic heterocycles. The van der Waals surface area contributed by atoms with Crippen LogP contribution in [-0.4, -0.2) is 16.8 Å². The van der Waals surface area contributed by atoms with E-state index in [0.717, 1.165) is 22.3 Å². The Labute approximate surface area is 136 Å². The number of hydrogen-bond donors (Lipinski definition) is 2. The zero-order chi connectivity index (χ0) is 16.8. The van der Waals surface area contributed by atoms with Crippen LogP contribution in [0.25, 0.3) is 11.1 Å². The van der Waals surface area contributed by atoms with E-state index in [1.807, 2.05) is 74.5 Å². The molecule has 2 aromatic carbocycles. The number of aliphatic carboxylic acids is 1. The molecule has 0 saturated carbocycles. The zero-order valence-electron chi connectivity index (χ0n) is 13.2. The van der Waals surface area contributed by atoms with Gasteiger partial charge < -0.3 is 5.11 Å². The van der Waals surface area contributed by atoms with Crippen molar-refractivity contribution in [3.05, 3.63) is 83.4 Å². The lowest BCUT2D eigenvalue weighted by Crippen LogP contribution is -2.08. The van der Waals surface area contributed by atoms with E-state index >= 15 is 0 Å². The zero-order valence-corrected chi connectivity index (χ0v) is 13.2. The number of carboxylic acids is 1. The Morgan fingerprint density at radius 2 is 1.57 bits per heavy atom. The van der Waals surface area contributed by atoms with Gasteiger partial charge in [0.15, 0.2) is 0 Å². The lowest BCUT2D eigenvalue weighted by Gasteiger charge is -2.07. The van der Waals surface area contributed by atoms with Crippen LogP contribution in [0.4, 0.5) is 0 Å². The van der Waals surface area contributed by atoms with Gasteiger partial charge in [-0.1, -0.05) is 66.2 Å². The highest BCUT2D eigenvalue weighted by atomic mass is 16.4. The summed E-state index contributed by atoms with van der Waals surface area (Å²) < 4.78 is 0. The van der Waals surface area contributed by atoms with Crippen molar-refractivity contribution < 1.29 is 9.90 Å². The average Bonchev–Trinajstić information content (AvgIpc) is 2.55. The second-order valence-electron chi connectivity index (χ2n) is 5.38. The number of carbonyl (C=O) groups is 1. The van der Waals surface area contributed by atoms with Crippen molar-refractivity contribution in [1.82, 2.24) is 0 Å². The van der Waals surface area contributed by atoms with Crippen LogP contribution in [-0.2, 0) is 4.79 Å². The third-order valence-electron chi connectivity index (χ3n) is 3.52. The van der Waals surface area contributed by atoms with Crippen LogP contribution in [0.1, 0.15) is 23.6 Å². The molecule has 2 aromatic rings. The summed E-state index contributed by atoms with van der Waals surface area (Å²) in [6.45, 7) is 3.97. The van der Waals surface area contributed by atoms with Crippen LogP contribution >= 0.6 is 0 Å². The Morgan fingerprint density at radius 1 is 0.957 bits per heavy atom. The molecule has 0 radical (unpaired) electrons. The third-order valence-corrected chi connectivity index (χ3v) is 3.52. The molecule has 0 heterocycles. The Balaban J connectivity index is 2.47. The minimum Gasteiger partial charge on any atom is -0.477 e. The third kappa shape index (κ3) is 4.51. The largest absolute Gasteiger partial charge is 0.477 e. The molecule has 0 aliphatic heterocycles. The minimum atomic E-state index is -1.24. The normalized spacial score (nSPS) is 12.1. The van der Waals surface area contributed by atoms with Gasteiger partial charge in [-0.15, -0.1) is 0 Å². The minimum absolute atomic E-state index is 0.433. The first-order valence-corrected chi connectivity index (χ1v) is 7.31. The number of nitrogens with one attached hydrogen (secondary N) is 1. The predicted octanol–water partition coefficient (Wildman–Crippen LogP) is 4.59. The first-order valence-electron chi connectivity index (χ1n) is 7.31. The summed E-state index contributed by atoms with van der Waals surface area (Å²) in [5.41, 5.74) is 4.36. The van der Waals surface area contributed by atoms with E-state index < -0.39 is 11.7 Å². The Morgan fingerprint density at radius 3 is 2.13 bits per heavy atom. The monoisotopic (exact) mass is 305 g/mol. The maximum atomic E-state index is 11.0. The van der Waals surface area contributed by atoms with Gasteiger partial charge in [0.25, 0.3) is 0 Å². The molecule has 3 heteroatoms.